The van der Waals surface area contributed by atoms with Crippen molar-refractivity contribution in [2.45, 2.75) is 32.9 Å². The van der Waals surface area contributed by atoms with E-state index in [9.17, 15) is 19.5 Å². The van der Waals surface area contributed by atoms with E-state index in [1.807, 2.05) is 0 Å². The molecular formula is C16H18N2O5. The molecule has 1 amide bonds. The minimum absolute atomic E-state index is 0.0864. The van der Waals surface area contributed by atoms with Gasteiger partial charge in [-0.3, -0.25) is 14.4 Å². The fourth-order valence-corrected chi connectivity index (χ4v) is 2.36. The number of carbonyl (C=O) groups excluding carboxylic acids is 1. The molecule has 0 spiro atoms. The number of carbonyl (C=O) groups is 2. The first kappa shape index (κ1) is 16.5. The number of para-hydroxylation sites is 1. The van der Waals surface area contributed by atoms with Gasteiger partial charge in [0.15, 0.2) is 0 Å². The molecule has 0 saturated carbocycles. The number of carboxylic acids is 1. The Labute approximate surface area is 132 Å². The molecule has 1 aromatic carbocycles. The minimum atomic E-state index is -1.05. The molecule has 0 aliphatic rings. The van der Waals surface area contributed by atoms with Gasteiger partial charge in [0.1, 0.15) is 11.3 Å². The quantitative estimate of drug-likeness (QED) is 0.770. The Kier molecular flexibility index (Phi) is 4.68. The van der Waals surface area contributed by atoms with E-state index >= 15 is 0 Å². The highest BCUT2D eigenvalue weighted by Gasteiger charge is 2.22. The summed E-state index contributed by atoms with van der Waals surface area (Å²) in [6.45, 7) is 3.38. The fourth-order valence-electron chi connectivity index (χ4n) is 2.36. The van der Waals surface area contributed by atoms with E-state index in [2.05, 4.69) is 5.32 Å². The number of amides is 1. The average molecular weight is 318 g/mol. The summed E-state index contributed by atoms with van der Waals surface area (Å²) in [5.41, 5.74) is -0.694. The molecule has 1 aromatic heterocycles. The number of rotatable bonds is 5. The molecule has 0 radical (unpaired) electrons. The van der Waals surface area contributed by atoms with Crippen molar-refractivity contribution in [2.75, 3.05) is 0 Å². The normalized spacial score (nSPS) is 10.9. The highest BCUT2D eigenvalue weighted by atomic mass is 16.4. The van der Waals surface area contributed by atoms with Crippen LogP contribution in [0, 0.1) is 0 Å². The Morgan fingerprint density at radius 2 is 1.91 bits per heavy atom. The largest absolute Gasteiger partial charge is 0.506 e. The van der Waals surface area contributed by atoms with Crippen LogP contribution in [0.15, 0.2) is 29.1 Å². The Morgan fingerprint density at radius 3 is 2.52 bits per heavy atom. The lowest BCUT2D eigenvalue weighted by atomic mass is 10.1. The van der Waals surface area contributed by atoms with Crippen LogP contribution in [0.4, 0.5) is 0 Å². The van der Waals surface area contributed by atoms with Crippen molar-refractivity contribution in [2.24, 2.45) is 0 Å². The fraction of sp³-hybridized carbons (Fsp3) is 0.312. The number of fused-ring (bicyclic) bond motifs is 1. The first-order valence-corrected chi connectivity index (χ1v) is 7.20. The molecule has 0 unspecified atom stereocenters. The molecule has 2 rings (SSSR count). The van der Waals surface area contributed by atoms with Gasteiger partial charge in [-0.2, -0.15) is 0 Å². The highest BCUT2D eigenvalue weighted by Crippen LogP contribution is 2.26. The Balaban J connectivity index is 2.70. The second kappa shape index (κ2) is 6.51. The van der Waals surface area contributed by atoms with Gasteiger partial charge in [0.2, 0.25) is 0 Å². The number of nitrogens with one attached hydrogen (secondary N) is 1. The SMILES string of the molecule is CC(C)NC(=O)c1c(O)c2ccccc2n(CCC(=O)O)c1=O. The first-order valence-electron chi connectivity index (χ1n) is 7.20. The molecule has 0 bridgehead atoms. The van der Waals surface area contributed by atoms with Crippen LogP contribution in [-0.4, -0.2) is 32.7 Å². The third kappa shape index (κ3) is 3.33. The van der Waals surface area contributed by atoms with Crippen LogP contribution in [0.2, 0.25) is 0 Å². The number of hydrogen-bond acceptors (Lipinski definition) is 4. The molecule has 7 heteroatoms. The molecule has 0 aliphatic heterocycles. The number of nitrogens with zero attached hydrogens (tertiary/aromatic N) is 1. The van der Waals surface area contributed by atoms with Crippen LogP contribution >= 0.6 is 0 Å². The third-order valence-corrected chi connectivity index (χ3v) is 3.34. The van der Waals surface area contributed by atoms with Gasteiger partial charge in [-0.25, -0.2) is 0 Å². The summed E-state index contributed by atoms with van der Waals surface area (Å²) in [7, 11) is 0. The lowest BCUT2D eigenvalue weighted by molar-refractivity contribution is -0.137. The number of aromatic hydroxyl groups is 1. The van der Waals surface area contributed by atoms with Gasteiger partial charge in [-0.15, -0.1) is 0 Å². The van der Waals surface area contributed by atoms with E-state index in [-0.39, 0.29) is 24.6 Å². The molecule has 3 N–H and O–H groups in total. The number of carboxylic acid groups (broad SMARTS) is 1. The molecule has 0 saturated heterocycles. The number of benzene rings is 1. The van der Waals surface area contributed by atoms with Crippen LogP contribution in [-0.2, 0) is 11.3 Å². The second-order valence-corrected chi connectivity index (χ2v) is 5.47. The van der Waals surface area contributed by atoms with E-state index < -0.39 is 23.2 Å². The Morgan fingerprint density at radius 1 is 1.26 bits per heavy atom. The summed E-state index contributed by atoms with van der Waals surface area (Å²) in [5, 5.41) is 22.1. The van der Waals surface area contributed by atoms with Gasteiger partial charge >= 0.3 is 5.97 Å². The monoisotopic (exact) mass is 318 g/mol. The molecular weight excluding hydrogens is 300 g/mol. The Bertz CT molecular complexity index is 823. The predicted molar refractivity (Wildman–Crippen MR) is 84.7 cm³/mol. The van der Waals surface area contributed by atoms with Gasteiger partial charge in [-0.1, -0.05) is 12.1 Å². The summed E-state index contributed by atoms with van der Waals surface area (Å²) in [5.74, 6) is -2.13. The lowest BCUT2D eigenvalue weighted by Crippen LogP contribution is -2.36. The molecule has 1 heterocycles. The van der Waals surface area contributed by atoms with Crippen molar-refractivity contribution in [1.29, 1.82) is 0 Å². The second-order valence-electron chi connectivity index (χ2n) is 5.47. The maximum absolute atomic E-state index is 12.6. The van der Waals surface area contributed by atoms with E-state index in [1.54, 1.807) is 38.1 Å². The average Bonchev–Trinajstić information content (AvgIpc) is 2.46. The summed E-state index contributed by atoms with van der Waals surface area (Å²) in [4.78, 5) is 35.6. The maximum atomic E-state index is 12.6. The Hall–Kier alpha value is -2.83. The number of aliphatic carboxylic acids is 1. The highest BCUT2D eigenvalue weighted by molar-refractivity contribution is 6.02. The van der Waals surface area contributed by atoms with Crippen LogP contribution in [0.1, 0.15) is 30.6 Å². The molecule has 0 fully saturated rings. The third-order valence-electron chi connectivity index (χ3n) is 3.34. The van der Waals surface area contributed by atoms with Crippen molar-refractivity contribution in [3.05, 3.63) is 40.2 Å². The smallest absolute Gasteiger partial charge is 0.305 e. The zero-order chi connectivity index (χ0) is 17.1. The maximum Gasteiger partial charge on any atom is 0.305 e. The van der Waals surface area contributed by atoms with Crippen LogP contribution in [0.3, 0.4) is 0 Å². The number of aromatic nitrogens is 1. The molecule has 0 atom stereocenters. The van der Waals surface area contributed by atoms with Crippen molar-refractivity contribution in [3.63, 3.8) is 0 Å². The van der Waals surface area contributed by atoms with Gasteiger partial charge < -0.3 is 20.1 Å². The van der Waals surface area contributed by atoms with Crippen LogP contribution in [0.5, 0.6) is 5.75 Å². The zero-order valence-electron chi connectivity index (χ0n) is 12.9. The summed E-state index contributed by atoms with van der Waals surface area (Å²) < 4.78 is 1.21. The van der Waals surface area contributed by atoms with Gasteiger partial charge in [0, 0.05) is 18.0 Å². The number of pyridine rings is 1. The van der Waals surface area contributed by atoms with E-state index in [0.717, 1.165) is 0 Å². The summed E-state index contributed by atoms with van der Waals surface area (Å²) in [6, 6.07) is 6.31. The van der Waals surface area contributed by atoms with E-state index in [4.69, 9.17) is 5.11 Å². The molecule has 23 heavy (non-hydrogen) atoms. The standard InChI is InChI=1S/C16H18N2O5/c1-9(2)17-15(22)13-14(21)10-5-3-4-6-11(10)18(16(13)23)8-7-12(19)20/h3-6,9,21H,7-8H2,1-2H3,(H,17,22)(H,19,20). The van der Waals surface area contributed by atoms with Crippen molar-refractivity contribution < 1.29 is 19.8 Å². The van der Waals surface area contributed by atoms with E-state index in [1.165, 1.54) is 4.57 Å². The zero-order valence-corrected chi connectivity index (χ0v) is 12.9. The van der Waals surface area contributed by atoms with Crippen LogP contribution in [0.25, 0.3) is 10.9 Å². The van der Waals surface area contributed by atoms with Crippen LogP contribution < -0.4 is 10.9 Å². The molecule has 2 aromatic rings. The molecule has 122 valence electrons. The summed E-state index contributed by atoms with van der Waals surface area (Å²) in [6.07, 6.45) is -0.264. The van der Waals surface area contributed by atoms with E-state index in [0.29, 0.717) is 10.9 Å². The molecule has 7 nitrogen and oxygen atoms in total. The van der Waals surface area contributed by atoms with Gasteiger partial charge in [0.25, 0.3) is 11.5 Å². The van der Waals surface area contributed by atoms with Crippen molar-refractivity contribution >= 4 is 22.8 Å². The van der Waals surface area contributed by atoms with Crippen molar-refractivity contribution in [1.82, 2.24) is 9.88 Å². The minimum Gasteiger partial charge on any atom is -0.506 e. The number of aryl methyl sites for hydroxylation is 1. The number of hydrogen-bond donors (Lipinski definition) is 3. The summed E-state index contributed by atoms with van der Waals surface area (Å²) >= 11 is 0. The lowest BCUT2D eigenvalue weighted by Gasteiger charge is -2.15. The van der Waals surface area contributed by atoms with Gasteiger partial charge in [0.05, 0.1) is 11.9 Å². The van der Waals surface area contributed by atoms with Gasteiger partial charge in [-0.05, 0) is 26.0 Å². The topological polar surface area (TPSA) is 109 Å². The predicted octanol–water partition coefficient (Wildman–Crippen LogP) is 1.32. The first-order chi connectivity index (χ1) is 10.8. The molecule has 0 aliphatic carbocycles. The van der Waals surface area contributed by atoms with Crippen molar-refractivity contribution in [3.8, 4) is 5.75 Å².